The molecule has 3 aromatic rings. The Morgan fingerprint density at radius 3 is 2.61 bits per heavy atom. The highest BCUT2D eigenvalue weighted by Crippen LogP contribution is 2.31. The van der Waals surface area contributed by atoms with Gasteiger partial charge in [0.05, 0.1) is 30.8 Å². The van der Waals surface area contributed by atoms with Crippen LogP contribution in [0.4, 0.5) is 5.95 Å². The number of anilines is 1. The Labute approximate surface area is 214 Å². The Morgan fingerprint density at radius 2 is 1.86 bits per heavy atom. The molecule has 0 aliphatic carbocycles. The first-order valence-electron chi connectivity index (χ1n) is 13.3. The quantitative estimate of drug-likeness (QED) is 0.523. The summed E-state index contributed by atoms with van der Waals surface area (Å²) in [7, 11) is 0. The SMILES string of the molecule is Cc1cc(C)c2nc(N(CC(C)N3CCOCC3)C3CCNCC3)n(Cc3nc(C)ccc3O)c2c1. The fourth-order valence-electron chi connectivity index (χ4n) is 5.73. The van der Waals surface area contributed by atoms with Gasteiger partial charge < -0.3 is 24.6 Å². The lowest BCUT2D eigenvalue weighted by Gasteiger charge is -2.40. The highest BCUT2D eigenvalue weighted by atomic mass is 16.5. The molecule has 2 N–H and O–H groups in total. The van der Waals surface area contributed by atoms with Gasteiger partial charge in [0, 0.05) is 37.4 Å². The summed E-state index contributed by atoms with van der Waals surface area (Å²) in [4.78, 5) is 15.1. The molecule has 36 heavy (non-hydrogen) atoms. The van der Waals surface area contributed by atoms with E-state index in [9.17, 15) is 5.11 Å². The summed E-state index contributed by atoms with van der Waals surface area (Å²) in [6.45, 7) is 15.5. The average molecular weight is 493 g/mol. The van der Waals surface area contributed by atoms with Crippen LogP contribution in [0, 0.1) is 20.8 Å². The Morgan fingerprint density at radius 1 is 1.11 bits per heavy atom. The zero-order valence-electron chi connectivity index (χ0n) is 22.1. The summed E-state index contributed by atoms with van der Waals surface area (Å²) in [5.74, 6) is 1.21. The summed E-state index contributed by atoms with van der Waals surface area (Å²) in [5.41, 5.74) is 6.10. The fraction of sp³-hybridized carbons (Fsp3) is 0.571. The molecule has 2 aromatic heterocycles. The topological polar surface area (TPSA) is 78.7 Å². The van der Waals surface area contributed by atoms with E-state index in [1.54, 1.807) is 6.07 Å². The van der Waals surface area contributed by atoms with Gasteiger partial charge in [0.1, 0.15) is 11.4 Å². The van der Waals surface area contributed by atoms with Crippen molar-refractivity contribution in [2.75, 3.05) is 50.8 Å². The van der Waals surface area contributed by atoms with Crippen molar-refractivity contribution in [1.82, 2.24) is 24.8 Å². The van der Waals surface area contributed by atoms with E-state index < -0.39 is 0 Å². The Hall–Kier alpha value is -2.68. The number of imidazole rings is 1. The van der Waals surface area contributed by atoms with E-state index in [-0.39, 0.29) is 5.75 Å². The minimum Gasteiger partial charge on any atom is -0.506 e. The monoisotopic (exact) mass is 492 g/mol. The molecular weight excluding hydrogens is 452 g/mol. The number of benzene rings is 1. The van der Waals surface area contributed by atoms with Gasteiger partial charge in [0.15, 0.2) is 0 Å². The standard InChI is InChI=1S/C28H40N6O2/c1-19-15-20(2)27-25(16-19)34(18-24-26(35)6-5-21(3)30-24)28(31-27)33(23-7-9-29-10-8-23)17-22(4)32-11-13-36-14-12-32/h5-6,15-16,22-23,29,35H,7-14,17-18H2,1-4H3. The summed E-state index contributed by atoms with van der Waals surface area (Å²) in [5, 5.41) is 14.2. The van der Waals surface area contributed by atoms with Gasteiger partial charge in [0.2, 0.25) is 5.95 Å². The van der Waals surface area contributed by atoms with E-state index in [1.165, 1.54) is 11.1 Å². The summed E-state index contributed by atoms with van der Waals surface area (Å²) in [6.07, 6.45) is 2.18. The minimum atomic E-state index is 0.230. The number of morpholine rings is 1. The highest BCUT2D eigenvalue weighted by molar-refractivity contribution is 5.83. The van der Waals surface area contributed by atoms with Gasteiger partial charge in [-0.1, -0.05) is 6.07 Å². The number of aryl methyl sites for hydroxylation is 3. The average Bonchev–Trinajstić information content (AvgIpc) is 3.23. The van der Waals surface area contributed by atoms with Crippen molar-refractivity contribution in [3.8, 4) is 5.75 Å². The molecule has 2 aliphatic rings. The molecule has 0 amide bonds. The number of piperidine rings is 1. The largest absolute Gasteiger partial charge is 0.506 e. The number of pyridine rings is 1. The maximum absolute atomic E-state index is 10.7. The lowest BCUT2D eigenvalue weighted by Crippen LogP contribution is -2.52. The number of aromatic nitrogens is 3. The van der Waals surface area contributed by atoms with Crippen molar-refractivity contribution in [3.63, 3.8) is 0 Å². The molecule has 8 nitrogen and oxygen atoms in total. The molecule has 0 radical (unpaired) electrons. The van der Waals surface area contributed by atoms with E-state index in [0.717, 1.165) is 81.5 Å². The molecule has 0 bridgehead atoms. The number of nitrogens with one attached hydrogen (secondary N) is 1. The van der Waals surface area contributed by atoms with E-state index in [1.807, 2.05) is 13.0 Å². The molecule has 8 heteroatoms. The van der Waals surface area contributed by atoms with Gasteiger partial charge in [-0.3, -0.25) is 9.88 Å². The number of nitrogens with zero attached hydrogens (tertiary/aromatic N) is 5. The van der Waals surface area contributed by atoms with Crippen LogP contribution < -0.4 is 10.2 Å². The van der Waals surface area contributed by atoms with Crippen molar-refractivity contribution in [2.24, 2.45) is 0 Å². The van der Waals surface area contributed by atoms with Gasteiger partial charge in [0.25, 0.3) is 0 Å². The van der Waals surface area contributed by atoms with Crippen LogP contribution in [0.3, 0.4) is 0 Å². The minimum absolute atomic E-state index is 0.230. The van der Waals surface area contributed by atoms with Gasteiger partial charge in [-0.25, -0.2) is 4.98 Å². The number of rotatable bonds is 7. The molecule has 2 saturated heterocycles. The Bertz CT molecular complexity index is 1200. The lowest BCUT2D eigenvalue weighted by molar-refractivity contribution is 0.0211. The van der Waals surface area contributed by atoms with Crippen LogP contribution in [-0.2, 0) is 11.3 Å². The van der Waals surface area contributed by atoms with Crippen LogP contribution in [0.5, 0.6) is 5.75 Å². The van der Waals surface area contributed by atoms with Gasteiger partial charge in [-0.15, -0.1) is 0 Å². The third kappa shape index (κ3) is 5.21. The predicted molar refractivity (Wildman–Crippen MR) is 144 cm³/mol. The summed E-state index contributed by atoms with van der Waals surface area (Å²) in [6, 6.07) is 8.81. The molecule has 0 spiro atoms. The number of aromatic hydroxyl groups is 1. The predicted octanol–water partition coefficient (Wildman–Crippen LogP) is 3.39. The van der Waals surface area contributed by atoms with E-state index in [2.05, 4.69) is 52.6 Å². The number of ether oxygens (including phenoxy) is 1. The molecule has 4 heterocycles. The van der Waals surface area contributed by atoms with Crippen LogP contribution in [0.25, 0.3) is 11.0 Å². The molecule has 1 aromatic carbocycles. The van der Waals surface area contributed by atoms with E-state index >= 15 is 0 Å². The molecule has 0 saturated carbocycles. The third-order valence-corrected chi connectivity index (χ3v) is 7.70. The second kappa shape index (κ2) is 10.7. The fourth-order valence-corrected chi connectivity index (χ4v) is 5.73. The van der Waals surface area contributed by atoms with Crippen molar-refractivity contribution >= 4 is 17.0 Å². The first-order valence-corrected chi connectivity index (χ1v) is 13.3. The third-order valence-electron chi connectivity index (χ3n) is 7.70. The highest BCUT2D eigenvalue weighted by Gasteiger charge is 2.30. The van der Waals surface area contributed by atoms with E-state index in [0.29, 0.717) is 24.3 Å². The van der Waals surface area contributed by atoms with Crippen LogP contribution in [0.1, 0.15) is 42.3 Å². The first-order chi connectivity index (χ1) is 17.4. The Balaban J connectivity index is 1.60. The summed E-state index contributed by atoms with van der Waals surface area (Å²) >= 11 is 0. The van der Waals surface area contributed by atoms with E-state index in [4.69, 9.17) is 14.7 Å². The second-order valence-electron chi connectivity index (χ2n) is 10.5. The van der Waals surface area contributed by atoms with Gasteiger partial charge in [-0.2, -0.15) is 0 Å². The van der Waals surface area contributed by atoms with Crippen LogP contribution in [0.15, 0.2) is 24.3 Å². The molecule has 5 rings (SSSR count). The number of hydrogen-bond acceptors (Lipinski definition) is 7. The molecule has 2 aliphatic heterocycles. The molecule has 1 unspecified atom stereocenters. The zero-order valence-corrected chi connectivity index (χ0v) is 22.1. The lowest BCUT2D eigenvalue weighted by atomic mass is 10.0. The van der Waals surface area contributed by atoms with Crippen molar-refractivity contribution in [2.45, 2.75) is 59.2 Å². The maximum atomic E-state index is 10.7. The normalized spacial score (nSPS) is 18.6. The number of hydrogen-bond donors (Lipinski definition) is 2. The smallest absolute Gasteiger partial charge is 0.207 e. The Kier molecular flexibility index (Phi) is 7.46. The second-order valence-corrected chi connectivity index (χ2v) is 10.5. The number of fused-ring (bicyclic) bond motifs is 1. The van der Waals surface area contributed by atoms with Crippen LogP contribution >= 0.6 is 0 Å². The van der Waals surface area contributed by atoms with Crippen LogP contribution in [0.2, 0.25) is 0 Å². The molecule has 1 atom stereocenters. The molecule has 194 valence electrons. The van der Waals surface area contributed by atoms with Crippen molar-refractivity contribution in [1.29, 1.82) is 0 Å². The molecular formula is C28H40N6O2. The van der Waals surface area contributed by atoms with Crippen LogP contribution in [-0.4, -0.2) is 82.6 Å². The molecule has 2 fully saturated rings. The zero-order chi connectivity index (χ0) is 25.2. The van der Waals surface area contributed by atoms with Crippen molar-refractivity contribution < 1.29 is 9.84 Å². The first kappa shape index (κ1) is 25.0. The summed E-state index contributed by atoms with van der Waals surface area (Å²) < 4.78 is 7.90. The van der Waals surface area contributed by atoms with Gasteiger partial charge >= 0.3 is 0 Å². The maximum Gasteiger partial charge on any atom is 0.207 e. The van der Waals surface area contributed by atoms with Crippen molar-refractivity contribution in [3.05, 3.63) is 46.8 Å². The van der Waals surface area contributed by atoms with Gasteiger partial charge in [-0.05, 0) is 83.0 Å².